The Labute approximate surface area is 164 Å². The van der Waals surface area contributed by atoms with Crippen molar-refractivity contribution in [3.8, 4) is 5.75 Å². The average Bonchev–Trinajstić information content (AvgIpc) is 3.20. The number of hydrogen-bond donors (Lipinski definition) is 1. The van der Waals surface area contributed by atoms with Gasteiger partial charge < -0.3 is 10.1 Å². The summed E-state index contributed by atoms with van der Waals surface area (Å²) in [5, 5.41) is 7.43. The van der Waals surface area contributed by atoms with Gasteiger partial charge in [-0.2, -0.15) is 0 Å². The fourth-order valence-corrected chi connectivity index (χ4v) is 3.74. The highest BCUT2D eigenvalue weighted by atomic mass is 32.1. The van der Waals surface area contributed by atoms with Crippen molar-refractivity contribution in [1.82, 2.24) is 10.2 Å². The third-order valence-corrected chi connectivity index (χ3v) is 5.77. The van der Waals surface area contributed by atoms with Gasteiger partial charge in [0.2, 0.25) is 5.91 Å². The lowest BCUT2D eigenvalue weighted by atomic mass is 10.1. The molecular weight excluding hydrogens is 356 g/mol. The number of likely N-dealkylation sites (N-methyl/N-ethyl adjacent to an activating group) is 1. The van der Waals surface area contributed by atoms with Gasteiger partial charge in [-0.05, 0) is 66.4 Å². The third kappa shape index (κ3) is 5.08. The van der Waals surface area contributed by atoms with Crippen LogP contribution in [0.5, 0.6) is 5.75 Å². The smallest absolute Gasteiger partial charge is 0.237 e. The van der Waals surface area contributed by atoms with E-state index in [0.29, 0.717) is 6.54 Å². The molecule has 1 N–H and O–H groups in total. The Morgan fingerprint density at radius 2 is 1.96 bits per heavy atom. The molecule has 0 fully saturated rings. The standard InChI is InChI=1S/C22H26N2O2S/c1-16(22(25)23-11-10-21-5-4-12-27-21)24(2)15-17-6-7-19-14-20(26-3)9-8-18(19)13-17/h4-9,12-14,16H,10-11,15H2,1-3H3,(H,23,25)/t16-/m1/s1. The molecule has 27 heavy (non-hydrogen) atoms. The first kappa shape index (κ1) is 19.4. The van der Waals surface area contributed by atoms with E-state index >= 15 is 0 Å². The van der Waals surface area contributed by atoms with E-state index in [1.165, 1.54) is 15.8 Å². The van der Waals surface area contributed by atoms with Crippen molar-refractivity contribution in [2.75, 3.05) is 20.7 Å². The Bertz CT molecular complexity index is 892. The maximum atomic E-state index is 12.4. The molecule has 0 spiro atoms. The van der Waals surface area contributed by atoms with Crippen molar-refractivity contribution in [2.45, 2.75) is 25.9 Å². The first-order chi connectivity index (χ1) is 13.1. The molecule has 0 unspecified atom stereocenters. The number of nitrogens with one attached hydrogen (secondary N) is 1. The lowest BCUT2D eigenvalue weighted by Crippen LogP contribution is -2.43. The summed E-state index contributed by atoms with van der Waals surface area (Å²) in [5.74, 6) is 0.930. The largest absolute Gasteiger partial charge is 0.497 e. The van der Waals surface area contributed by atoms with Crippen LogP contribution in [0.2, 0.25) is 0 Å². The molecule has 0 bridgehead atoms. The molecule has 5 heteroatoms. The molecule has 142 valence electrons. The van der Waals surface area contributed by atoms with E-state index in [-0.39, 0.29) is 11.9 Å². The summed E-state index contributed by atoms with van der Waals surface area (Å²) in [6.07, 6.45) is 0.883. The molecule has 3 aromatic rings. The molecule has 0 saturated carbocycles. The molecule has 3 rings (SSSR count). The Kier molecular flexibility index (Phi) is 6.48. The molecule has 0 aliphatic rings. The zero-order valence-corrected chi connectivity index (χ0v) is 16.9. The van der Waals surface area contributed by atoms with Crippen molar-refractivity contribution in [3.05, 3.63) is 64.4 Å². The van der Waals surface area contributed by atoms with Crippen LogP contribution in [0.15, 0.2) is 53.9 Å². The molecular formula is C22H26N2O2S. The Morgan fingerprint density at radius 1 is 1.19 bits per heavy atom. The van der Waals surface area contributed by atoms with Crippen LogP contribution in [-0.2, 0) is 17.8 Å². The second kappa shape index (κ2) is 9.02. The number of hydrogen-bond acceptors (Lipinski definition) is 4. The summed E-state index contributed by atoms with van der Waals surface area (Å²) < 4.78 is 5.28. The summed E-state index contributed by atoms with van der Waals surface area (Å²) in [7, 11) is 3.67. The lowest BCUT2D eigenvalue weighted by molar-refractivity contribution is -0.125. The topological polar surface area (TPSA) is 41.6 Å². The molecule has 0 radical (unpaired) electrons. The van der Waals surface area contributed by atoms with Crippen molar-refractivity contribution in [2.24, 2.45) is 0 Å². The number of amides is 1. The van der Waals surface area contributed by atoms with Gasteiger partial charge in [-0.3, -0.25) is 9.69 Å². The molecule has 0 saturated heterocycles. The highest BCUT2D eigenvalue weighted by molar-refractivity contribution is 7.09. The summed E-state index contributed by atoms with van der Waals surface area (Å²) >= 11 is 1.72. The van der Waals surface area contributed by atoms with E-state index in [1.54, 1.807) is 18.4 Å². The van der Waals surface area contributed by atoms with Gasteiger partial charge in [0.25, 0.3) is 0 Å². The van der Waals surface area contributed by atoms with E-state index in [1.807, 2.05) is 32.2 Å². The van der Waals surface area contributed by atoms with Gasteiger partial charge in [-0.1, -0.05) is 24.3 Å². The minimum Gasteiger partial charge on any atom is -0.497 e. The first-order valence-corrected chi connectivity index (χ1v) is 10.0. The van der Waals surface area contributed by atoms with Crippen molar-refractivity contribution in [1.29, 1.82) is 0 Å². The number of rotatable bonds is 8. The van der Waals surface area contributed by atoms with Gasteiger partial charge in [0.05, 0.1) is 13.2 Å². The first-order valence-electron chi connectivity index (χ1n) is 9.14. The Morgan fingerprint density at radius 3 is 2.70 bits per heavy atom. The Balaban J connectivity index is 1.55. The van der Waals surface area contributed by atoms with Crippen LogP contribution in [0.25, 0.3) is 10.8 Å². The Hall–Kier alpha value is -2.37. The average molecular weight is 383 g/mol. The van der Waals surface area contributed by atoms with Crippen LogP contribution in [-0.4, -0.2) is 37.6 Å². The molecule has 2 aromatic carbocycles. The fraction of sp³-hybridized carbons (Fsp3) is 0.318. The number of carbonyl (C=O) groups is 1. The molecule has 1 amide bonds. The minimum absolute atomic E-state index is 0.0691. The van der Waals surface area contributed by atoms with Crippen molar-refractivity contribution >= 4 is 28.0 Å². The summed E-state index contributed by atoms with van der Waals surface area (Å²) in [6.45, 7) is 3.35. The summed E-state index contributed by atoms with van der Waals surface area (Å²) in [6, 6.07) is 16.4. The molecule has 0 aliphatic carbocycles. The van der Waals surface area contributed by atoms with Gasteiger partial charge in [0.15, 0.2) is 0 Å². The van der Waals surface area contributed by atoms with Crippen LogP contribution >= 0.6 is 11.3 Å². The normalized spacial score (nSPS) is 12.3. The molecule has 1 aromatic heterocycles. The van der Waals surface area contributed by atoms with Crippen LogP contribution in [0, 0.1) is 0 Å². The number of ether oxygens (including phenoxy) is 1. The number of carbonyl (C=O) groups excluding carboxylic acids is 1. The predicted octanol–water partition coefficient (Wildman–Crippen LogP) is 4.09. The monoisotopic (exact) mass is 382 g/mol. The molecule has 0 aliphatic heterocycles. The summed E-state index contributed by atoms with van der Waals surface area (Å²) in [5.41, 5.74) is 1.19. The number of thiophene rings is 1. The third-order valence-electron chi connectivity index (χ3n) is 4.84. The highest BCUT2D eigenvalue weighted by Crippen LogP contribution is 2.22. The number of benzene rings is 2. The summed E-state index contributed by atoms with van der Waals surface area (Å²) in [4.78, 5) is 15.8. The SMILES string of the molecule is COc1ccc2cc(CN(C)[C@H](C)C(=O)NCCc3cccs3)ccc2c1. The van der Waals surface area contributed by atoms with E-state index in [4.69, 9.17) is 4.74 Å². The number of nitrogens with zero attached hydrogens (tertiary/aromatic N) is 1. The van der Waals surface area contributed by atoms with Gasteiger partial charge in [0.1, 0.15) is 5.75 Å². The van der Waals surface area contributed by atoms with E-state index in [2.05, 4.69) is 45.9 Å². The highest BCUT2D eigenvalue weighted by Gasteiger charge is 2.17. The van der Waals surface area contributed by atoms with E-state index in [0.717, 1.165) is 24.1 Å². The van der Waals surface area contributed by atoms with Crippen molar-refractivity contribution in [3.63, 3.8) is 0 Å². The fourth-order valence-electron chi connectivity index (χ4n) is 3.04. The number of methoxy groups -OCH3 is 1. The predicted molar refractivity (Wildman–Crippen MR) is 112 cm³/mol. The second-order valence-corrected chi connectivity index (χ2v) is 7.79. The minimum atomic E-state index is -0.181. The van der Waals surface area contributed by atoms with E-state index in [9.17, 15) is 4.79 Å². The maximum Gasteiger partial charge on any atom is 0.237 e. The van der Waals surface area contributed by atoms with E-state index < -0.39 is 0 Å². The second-order valence-electron chi connectivity index (χ2n) is 6.76. The van der Waals surface area contributed by atoms with Crippen molar-refractivity contribution < 1.29 is 9.53 Å². The van der Waals surface area contributed by atoms with Crippen LogP contribution in [0.4, 0.5) is 0 Å². The zero-order valence-electron chi connectivity index (χ0n) is 16.1. The van der Waals surface area contributed by atoms with Gasteiger partial charge >= 0.3 is 0 Å². The molecule has 1 heterocycles. The van der Waals surface area contributed by atoms with Crippen LogP contribution in [0.3, 0.4) is 0 Å². The van der Waals surface area contributed by atoms with Gasteiger partial charge in [-0.25, -0.2) is 0 Å². The zero-order chi connectivity index (χ0) is 19.2. The maximum absolute atomic E-state index is 12.4. The van der Waals surface area contributed by atoms with Crippen LogP contribution in [0.1, 0.15) is 17.4 Å². The lowest BCUT2D eigenvalue weighted by Gasteiger charge is -2.24. The number of fused-ring (bicyclic) bond motifs is 1. The molecule has 4 nitrogen and oxygen atoms in total. The quantitative estimate of drug-likeness (QED) is 0.638. The van der Waals surface area contributed by atoms with Crippen LogP contribution < -0.4 is 10.1 Å². The molecule has 1 atom stereocenters. The van der Waals surface area contributed by atoms with Gasteiger partial charge in [-0.15, -0.1) is 11.3 Å². The van der Waals surface area contributed by atoms with Gasteiger partial charge in [0, 0.05) is 18.0 Å².